The molecular weight excluding hydrogens is 302 g/mol. The summed E-state index contributed by atoms with van der Waals surface area (Å²) in [5, 5.41) is 0. The van der Waals surface area contributed by atoms with Crippen molar-refractivity contribution in [2.75, 3.05) is 19.6 Å². The zero-order valence-corrected chi connectivity index (χ0v) is 14.6. The van der Waals surface area contributed by atoms with E-state index in [9.17, 15) is 4.79 Å². The van der Waals surface area contributed by atoms with Gasteiger partial charge in [-0.2, -0.15) is 0 Å². The van der Waals surface area contributed by atoms with Gasteiger partial charge in [0, 0.05) is 37.4 Å². The van der Waals surface area contributed by atoms with E-state index in [0.717, 1.165) is 24.3 Å². The maximum absolute atomic E-state index is 13.0. The van der Waals surface area contributed by atoms with Crippen LogP contribution in [0.15, 0.2) is 18.6 Å². The lowest BCUT2D eigenvalue weighted by Crippen LogP contribution is -2.56. The van der Waals surface area contributed by atoms with Crippen LogP contribution >= 0.6 is 0 Å². The average molecular weight is 327 g/mol. The van der Waals surface area contributed by atoms with Gasteiger partial charge in [0.15, 0.2) is 5.65 Å². The molecule has 4 heterocycles. The standard InChI is InChI=1S/C18H25N5O/c1-12(2)23-11-20-16-7-14(8-19-17(16)23)18(24)22-10-15-5-4-6-21(15)9-13(22)3/h7-8,11-13,15H,4-6,9-10H2,1-3H3/t13-,15+/m1/s1. The van der Waals surface area contributed by atoms with Crippen LogP contribution in [0, 0.1) is 0 Å². The van der Waals surface area contributed by atoms with Gasteiger partial charge in [-0.05, 0) is 46.2 Å². The minimum atomic E-state index is 0.0857. The molecule has 6 nitrogen and oxygen atoms in total. The van der Waals surface area contributed by atoms with Crippen molar-refractivity contribution in [1.82, 2.24) is 24.3 Å². The van der Waals surface area contributed by atoms with Crippen LogP contribution in [0.2, 0.25) is 0 Å². The molecule has 0 aliphatic carbocycles. The van der Waals surface area contributed by atoms with Gasteiger partial charge in [0.05, 0.1) is 11.9 Å². The molecule has 0 bridgehead atoms. The Morgan fingerprint density at radius 3 is 2.92 bits per heavy atom. The third kappa shape index (κ3) is 2.49. The SMILES string of the molecule is CC(C)n1cnc2cc(C(=O)N3C[C@@H]4CCCN4C[C@H]3C)cnc21. The highest BCUT2D eigenvalue weighted by molar-refractivity contribution is 5.96. The molecule has 2 saturated heterocycles. The molecule has 2 aliphatic heterocycles. The van der Waals surface area contributed by atoms with Crippen LogP contribution in [-0.4, -0.2) is 62.0 Å². The van der Waals surface area contributed by atoms with Crippen molar-refractivity contribution in [2.45, 2.75) is 51.7 Å². The lowest BCUT2D eigenvalue weighted by atomic mass is 10.1. The lowest BCUT2D eigenvalue weighted by molar-refractivity contribution is 0.0395. The monoisotopic (exact) mass is 327 g/mol. The van der Waals surface area contributed by atoms with Crippen molar-refractivity contribution in [3.8, 4) is 0 Å². The molecule has 0 aromatic carbocycles. The van der Waals surface area contributed by atoms with Crippen LogP contribution in [0.1, 0.15) is 50.0 Å². The second-order valence-corrected chi connectivity index (χ2v) is 7.41. The second kappa shape index (κ2) is 5.84. The summed E-state index contributed by atoms with van der Waals surface area (Å²) >= 11 is 0. The summed E-state index contributed by atoms with van der Waals surface area (Å²) in [6.45, 7) is 9.34. The van der Waals surface area contributed by atoms with E-state index in [-0.39, 0.29) is 11.9 Å². The molecule has 0 saturated carbocycles. The number of imidazole rings is 1. The van der Waals surface area contributed by atoms with E-state index in [4.69, 9.17) is 0 Å². The Kier molecular flexibility index (Phi) is 3.79. The summed E-state index contributed by atoms with van der Waals surface area (Å²) in [6, 6.07) is 2.97. The highest BCUT2D eigenvalue weighted by Crippen LogP contribution is 2.26. The fraction of sp³-hybridized carbons (Fsp3) is 0.611. The summed E-state index contributed by atoms with van der Waals surface area (Å²) < 4.78 is 2.03. The van der Waals surface area contributed by atoms with Gasteiger partial charge in [-0.3, -0.25) is 9.69 Å². The topological polar surface area (TPSA) is 54.3 Å². The molecule has 128 valence electrons. The molecular formula is C18H25N5O. The summed E-state index contributed by atoms with van der Waals surface area (Å²) in [5.74, 6) is 0.0857. The molecule has 0 N–H and O–H groups in total. The Morgan fingerprint density at radius 1 is 1.29 bits per heavy atom. The number of piperazine rings is 1. The Bertz CT molecular complexity index is 768. The van der Waals surface area contributed by atoms with Gasteiger partial charge in [-0.25, -0.2) is 9.97 Å². The Hall–Kier alpha value is -1.95. The van der Waals surface area contributed by atoms with Crippen molar-refractivity contribution in [3.63, 3.8) is 0 Å². The van der Waals surface area contributed by atoms with E-state index >= 15 is 0 Å². The Morgan fingerprint density at radius 2 is 2.12 bits per heavy atom. The first-order valence-electron chi connectivity index (χ1n) is 8.92. The van der Waals surface area contributed by atoms with E-state index in [2.05, 4.69) is 35.6 Å². The molecule has 2 aromatic heterocycles. The van der Waals surface area contributed by atoms with Crippen molar-refractivity contribution in [3.05, 3.63) is 24.2 Å². The van der Waals surface area contributed by atoms with Gasteiger partial charge in [0.2, 0.25) is 0 Å². The normalized spacial score (nSPS) is 24.8. The highest BCUT2D eigenvalue weighted by atomic mass is 16.2. The number of carbonyl (C=O) groups is 1. The molecule has 2 atom stereocenters. The van der Waals surface area contributed by atoms with Crippen LogP contribution in [0.5, 0.6) is 0 Å². The van der Waals surface area contributed by atoms with Crippen LogP contribution < -0.4 is 0 Å². The first-order chi connectivity index (χ1) is 11.5. The molecule has 2 aliphatic rings. The lowest BCUT2D eigenvalue weighted by Gasteiger charge is -2.42. The van der Waals surface area contributed by atoms with Crippen LogP contribution in [0.4, 0.5) is 0 Å². The van der Waals surface area contributed by atoms with E-state index in [0.29, 0.717) is 17.6 Å². The summed E-state index contributed by atoms with van der Waals surface area (Å²) in [7, 11) is 0. The van der Waals surface area contributed by atoms with Crippen molar-refractivity contribution < 1.29 is 4.79 Å². The molecule has 24 heavy (non-hydrogen) atoms. The highest BCUT2D eigenvalue weighted by Gasteiger charge is 2.36. The zero-order valence-electron chi connectivity index (χ0n) is 14.6. The predicted octanol–water partition coefficient (Wildman–Crippen LogP) is 2.32. The van der Waals surface area contributed by atoms with E-state index < -0.39 is 0 Å². The summed E-state index contributed by atoms with van der Waals surface area (Å²) in [5.41, 5.74) is 2.28. The first kappa shape index (κ1) is 15.6. The van der Waals surface area contributed by atoms with Crippen LogP contribution in [0.25, 0.3) is 11.2 Å². The minimum Gasteiger partial charge on any atom is -0.333 e. The molecule has 2 aromatic rings. The molecule has 1 amide bonds. The molecule has 6 heteroatoms. The molecule has 0 spiro atoms. The van der Waals surface area contributed by atoms with Gasteiger partial charge < -0.3 is 9.47 Å². The Labute approximate surface area is 142 Å². The van der Waals surface area contributed by atoms with Gasteiger partial charge in [0.1, 0.15) is 5.52 Å². The Balaban J connectivity index is 1.61. The molecule has 2 fully saturated rings. The number of carbonyl (C=O) groups excluding carboxylic acids is 1. The molecule has 4 rings (SSSR count). The number of rotatable bonds is 2. The number of nitrogens with zero attached hydrogens (tertiary/aromatic N) is 5. The van der Waals surface area contributed by atoms with Gasteiger partial charge in [-0.1, -0.05) is 0 Å². The number of pyridine rings is 1. The number of fused-ring (bicyclic) bond motifs is 2. The summed E-state index contributed by atoms with van der Waals surface area (Å²) in [4.78, 5) is 26.5. The number of hydrogen-bond acceptors (Lipinski definition) is 4. The van der Waals surface area contributed by atoms with Gasteiger partial charge in [0.25, 0.3) is 5.91 Å². The van der Waals surface area contributed by atoms with E-state index in [1.54, 1.807) is 12.5 Å². The maximum Gasteiger partial charge on any atom is 0.255 e. The number of hydrogen-bond donors (Lipinski definition) is 0. The first-order valence-corrected chi connectivity index (χ1v) is 8.92. The predicted molar refractivity (Wildman–Crippen MR) is 93.0 cm³/mol. The zero-order chi connectivity index (χ0) is 16.8. The van der Waals surface area contributed by atoms with Gasteiger partial charge >= 0.3 is 0 Å². The largest absolute Gasteiger partial charge is 0.333 e. The van der Waals surface area contributed by atoms with Crippen molar-refractivity contribution in [1.29, 1.82) is 0 Å². The average Bonchev–Trinajstić information content (AvgIpc) is 3.18. The molecule has 0 radical (unpaired) electrons. The number of amides is 1. The van der Waals surface area contributed by atoms with Crippen LogP contribution in [-0.2, 0) is 0 Å². The van der Waals surface area contributed by atoms with E-state index in [1.807, 2.05) is 15.5 Å². The number of aromatic nitrogens is 3. The third-order valence-electron chi connectivity index (χ3n) is 5.41. The quantitative estimate of drug-likeness (QED) is 0.849. The van der Waals surface area contributed by atoms with Gasteiger partial charge in [-0.15, -0.1) is 0 Å². The minimum absolute atomic E-state index is 0.0857. The fourth-order valence-electron chi connectivity index (χ4n) is 4.05. The van der Waals surface area contributed by atoms with Crippen molar-refractivity contribution >= 4 is 17.1 Å². The third-order valence-corrected chi connectivity index (χ3v) is 5.41. The maximum atomic E-state index is 13.0. The van der Waals surface area contributed by atoms with Crippen LogP contribution in [0.3, 0.4) is 0 Å². The smallest absolute Gasteiger partial charge is 0.255 e. The fourth-order valence-corrected chi connectivity index (χ4v) is 4.05. The van der Waals surface area contributed by atoms with Crippen molar-refractivity contribution in [2.24, 2.45) is 0 Å². The summed E-state index contributed by atoms with van der Waals surface area (Å²) in [6.07, 6.45) is 5.96. The molecule has 0 unspecified atom stereocenters. The van der Waals surface area contributed by atoms with E-state index in [1.165, 1.54) is 19.4 Å². The second-order valence-electron chi connectivity index (χ2n) is 7.41.